The SMILES string of the molecule is CCOc1ccc(F)c(C(=O)NCC(C)(O)CN(C)C)c1F. The first-order valence-electron chi connectivity index (χ1n) is 6.94. The summed E-state index contributed by atoms with van der Waals surface area (Å²) in [5, 5.41) is 12.4. The minimum atomic E-state index is -1.22. The van der Waals surface area contributed by atoms with Crippen LogP contribution in [-0.4, -0.2) is 55.3 Å². The molecule has 0 aliphatic rings. The van der Waals surface area contributed by atoms with Crippen LogP contribution in [0.25, 0.3) is 0 Å². The number of ether oxygens (including phenoxy) is 1. The highest BCUT2D eigenvalue weighted by molar-refractivity contribution is 5.95. The number of amides is 1. The molecule has 1 aromatic carbocycles. The van der Waals surface area contributed by atoms with E-state index < -0.39 is 28.7 Å². The number of benzene rings is 1. The first-order valence-corrected chi connectivity index (χ1v) is 6.94. The van der Waals surface area contributed by atoms with E-state index in [9.17, 15) is 18.7 Å². The zero-order chi connectivity index (χ0) is 16.9. The summed E-state index contributed by atoms with van der Waals surface area (Å²) >= 11 is 0. The summed E-state index contributed by atoms with van der Waals surface area (Å²) in [4.78, 5) is 13.7. The van der Waals surface area contributed by atoms with Gasteiger partial charge in [-0.1, -0.05) is 0 Å². The fraction of sp³-hybridized carbons (Fsp3) is 0.533. The molecule has 0 saturated carbocycles. The van der Waals surface area contributed by atoms with E-state index in [0.717, 1.165) is 12.1 Å². The van der Waals surface area contributed by atoms with Gasteiger partial charge in [0.05, 0.1) is 12.2 Å². The largest absolute Gasteiger partial charge is 0.491 e. The van der Waals surface area contributed by atoms with Gasteiger partial charge >= 0.3 is 0 Å². The van der Waals surface area contributed by atoms with E-state index in [-0.39, 0.29) is 25.4 Å². The van der Waals surface area contributed by atoms with Crippen LogP contribution in [0.1, 0.15) is 24.2 Å². The fourth-order valence-corrected chi connectivity index (χ4v) is 2.10. The van der Waals surface area contributed by atoms with Crippen LogP contribution in [0.15, 0.2) is 12.1 Å². The normalized spacial score (nSPS) is 13.8. The Morgan fingerprint density at radius 1 is 1.41 bits per heavy atom. The van der Waals surface area contributed by atoms with Crippen molar-refractivity contribution in [2.24, 2.45) is 0 Å². The zero-order valence-electron chi connectivity index (χ0n) is 13.2. The summed E-state index contributed by atoms with van der Waals surface area (Å²) in [6.45, 7) is 3.53. The lowest BCUT2D eigenvalue weighted by atomic mass is 10.1. The second-order valence-electron chi connectivity index (χ2n) is 5.58. The van der Waals surface area contributed by atoms with Crippen LogP contribution in [0.4, 0.5) is 8.78 Å². The number of likely N-dealkylation sites (N-methyl/N-ethyl adjacent to an activating group) is 1. The summed E-state index contributed by atoms with van der Waals surface area (Å²) in [6, 6.07) is 2.11. The van der Waals surface area contributed by atoms with Gasteiger partial charge in [0.1, 0.15) is 11.4 Å². The topological polar surface area (TPSA) is 61.8 Å². The molecule has 0 aliphatic carbocycles. The second-order valence-corrected chi connectivity index (χ2v) is 5.58. The van der Waals surface area contributed by atoms with Gasteiger partial charge in [0.2, 0.25) is 0 Å². The molecule has 2 N–H and O–H groups in total. The Labute approximate surface area is 128 Å². The van der Waals surface area contributed by atoms with Crippen molar-refractivity contribution in [2.75, 3.05) is 33.8 Å². The summed E-state index contributed by atoms with van der Waals surface area (Å²) in [5.74, 6) is -3.15. The van der Waals surface area contributed by atoms with Crippen LogP contribution < -0.4 is 10.1 Å². The number of nitrogens with zero attached hydrogens (tertiary/aromatic N) is 1. The van der Waals surface area contributed by atoms with Gasteiger partial charge in [0, 0.05) is 13.1 Å². The third-order valence-corrected chi connectivity index (χ3v) is 2.87. The number of nitrogens with one attached hydrogen (secondary N) is 1. The van der Waals surface area contributed by atoms with Crippen molar-refractivity contribution in [3.05, 3.63) is 29.3 Å². The highest BCUT2D eigenvalue weighted by atomic mass is 19.1. The van der Waals surface area contributed by atoms with Crippen LogP contribution in [0.3, 0.4) is 0 Å². The van der Waals surface area contributed by atoms with E-state index in [1.807, 2.05) is 0 Å². The van der Waals surface area contributed by atoms with Gasteiger partial charge < -0.3 is 20.1 Å². The average molecular weight is 316 g/mol. The molecule has 0 radical (unpaired) electrons. The van der Waals surface area contributed by atoms with Crippen molar-refractivity contribution >= 4 is 5.91 Å². The van der Waals surface area contributed by atoms with Crippen molar-refractivity contribution < 1.29 is 23.4 Å². The molecule has 0 aromatic heterocycles. The third-order valence-electron chi connectivity index (χ3n) is 2.87. The Morgan fingerprint density at radius 3 is 2.59 bits per heavy atom. The Hall–Kier alpha value is -1.73. The van der Waals surface area contributed by atoms with Gasteiger partial charge in [0.15, 0.2) is 11.6 Å². The molecule has 1 rings (SSSR count). The molecular weight excluding hydrogens is 294 g/mol. The van der Waals surface area contributed by atoms with Crippen LogP contribution in [-0.2, 0) is 0 Å². The quantitative estimate of drug-likeness (QED) is 0.798. The van der Waals surface area contributed by atoms with Gasteiger partial charge in [-0.3, -0.25) is 4.79 Å². The van der Waals surface area contributed by atoms with E-state index >= 15 is 0 Å². The lowest BCUT2D eigenvalue weighted by Gasteiger charge is -2.27. The minimum absolute atomic E-state index is 0.137. The predicted molar refractivity (Wildman–Crippen MR) is 79.0 cm³/mol. The first kappa shape index (κ1) is 18.3. The Morgan fingerprint density at radius 2 is 2.05 bits per heavy atom. The van der Waals surface area contributed by atoms with Gasteiger partial charge in [-0.25, -0.2) is 8.78 Å². The first-order chi connectivity index (χ1) is 10.2. The van der Waals surface area contributed by atoms with E-state index in [4.69, 9.17) is 4.74 Å². The van der Waals surface area contributed by atoms with Crippen LogP contribution in [0.5, 0.6) is 5.75 Å². The maximum absolute atomic E-state index is 14.1. The Bertz CT molecular complexity index is 534. The Balaban J connectivity index is 2.88. The molecule has 0 spiro atoms. The molecule has 1 unspecified atom stereocenters. The molecule has 5 nitrogen and oxygen atoms in total. The highest BCUT2D eigenvalue weighted by Gasteiger charge is 2.26. The molecule has 1 atom stereocenters. The molecule has 1 amide bonds. The van der Waals surface area contributed by atoms with Gasteiger partial charge in [-0.15, -0.1) is 0 Å². The van der Waals surface area contributed by atoms with Gasteiger partial charge in [-0.05, 0) is 40.1 Å². The third kappa shape index (κ3) is 4.92. The smallest absolute Gasteiger partial charge is 0.257 e. The molecular formula is C15H22F2N2O3. The van der Waals surface area contributed by atoms with Crippen molar-refractivity contribution in [1.82, 2.24) is 10.2 Å². The maximum atomic E-state index is 14.1. The Kier molecular flexibility index (Phi) is 6.25. The van der Waals surface area contributed by atoms with E-state index in [1.54, 1.807) is 25.9 Å². The molecule has 124 valence electrons. The predicted octanol–water partition coefficient (Wildman–Crippen LogP) is 1.41. The number of halogens is 2. The highest BCUT2D eigenvalue weighted by Crippen LogP contribution is 2.23. The van der Waals surface area contributed by atoms with Crippen molar-refractivity contribution in [1.29, 1.82) is 0 Å². The van der Waals surface area contributed by atoms with Gasteiger partial charge in [0.25, 0.3) is 5.91 Å². The average Bonchev–Trinajstić information content (AvgIpc) is 2.39. The molecule has 0 heterocycles. The minimum Gasteiger partial charge on any atom is -0.491 e. The fourth-order valence-electron chi connectivity index (χ4n) is 2.10. The zero-order valence-corrected chi connectivity index (χ0v) is 13.2. The number of carbonyl (C=O) groups is 1. The maximum Gasteiger partial charge on any atom is 0.257 e. The second kappa shape index (κ2) is 7.51. The van der Waals surface area contributed by atoms with E-state index in [2.05, 4.69) is 5.32 Å². The molecule has 0 fully saturated rings. The monoisotopic (exact) mass is 316 g/mol. The standard InChI is InChI=1S/C15H22F2N2O3/c1-5-22-11-7-6-10(16)12(13(11)17)14(20)18-8-15(2,21)9-19(3)4/h6-7,21H,5,8-9H2,1-4H3,(H,18,20). The van der Waals surface area contributed by atoms with Crippen molar-refractivity contribution in [3.63, 3.8) is 0 Å². The van der Waals surface area contributed by atoms with Gasteiger partial charge in [-0.2, -0.15) is 0 Å². The summed E-state index contributed by atoms with van der Waals surface area (Å²) in [5.41, 5.74) is -1.93. The summed E-state index contributed by atoms with van der Waals surface area (Å²) < 4.78 is 32.8. The van der Waals surface area contributed by atoms with Crippen molar-refractivity contribution in [2.45, 2.75) is 19.4 Å². The lowest BCUT2D eigenvalue weighted by Crippen LogP contribution is -2.47. The van der Waals surface area contributed by atoms with Crippen LogP contribution in [0, 0.1) is 11.6 Å². The molecule has 22 heavy (non-hydrogen) atoms. The lowest BCUT2D eigenvalue weighted by molar-refractivity contribution is 0.0324. The summed E-state index contributed by atoms with van der Waals surface area (Å²) in [7, 11) is 3.53. The number of hydrogen-bond donors (Lipinski definition) is 2. The molecule has 0 bridgehead atoms. The van der Waals surface area contributed by atoms with Crippen molar-refractivity contribution in [3.8, 4) is 5.75 Å². The number of carbonyl (C=O) groups excluding carboxylic acids is 1. The number of rotatable bonds is 7. The van der Waals surface area contributed by atoms with E-state index in [0.29, 0.717) is 0 Å². The number of hydrogen-bond acceptors (Lipinski definition) is 4. The number of aliphatic hydroxyl groups is 1. The van der Waals surface area contributed by atoms with Crippen LogP contribution in [0.2, 0.25) is 0 Å². The van der Waals surface area contributed by atoms with E-state index in [1.165, 1.54) is 6.92 Å². The van der Waals surface area contributed by atoms with Crippen LogP contribution >= 0.6 is 0 Å². The molecule has 0 aliphatic heterocycles. The summed E-state index contributed by atoms with van der Waals surface area (Å²) in [6.07, 6.45) is 0. The molecule has 1 aromatic rings. The molecule has 0 saturated heterocycles. The molecule has 7 heteroatoms.